The van der Waals surface area contributed by atoms with Crippen LogP contribution in [-0.4, -0.2) is 27.4 Å². The van der Waals surface area contributed by atoms with Crippen LogP contribution in [0.4, 0.5) is 4.39 Å². The molecule has 1 aromatic heterocycles. The van der Waals surface area contributed by atoms with E-state index in [1.165, 1.54) is 11.1 Å². The Morgan fingerprint density at radius 3 is 2.60 bits per heavy atom. The summed E-state index contributed by atoms with van der Waals surface area (Å²) in [6.45, 7) is 3.34. The van der Waals surface area contributed by atoms with Crippen molar-refractivity contribution in [3.05, 3.63) is 82.9 Å². The molecule has 2 aliphatic rings. The van der Waals surface area contributed by atoms with Gasteiger partial charge >= 0.3 is 0 Å². The number of nitrogens with zero attached hydrogens (tertiary/aromatic N) is 3. The van der Waals surface area contributed by atoms with E-state index in [9.17, 15) is 9.18 Å². The fourth-order valence-corrected chi connectivity index (χ4v) is 5.31. The van der Waals surface area contributed by atoms with Gasteiger partial charge in [-0.1, -0.05) is 47.6 Å². The number of alkyl halides is 1. The van der Waals surface area contributed by atoms with Crippen molar-refractivity contribution in [1.82, 2.24) is 15.0 Å². The summed E-state index contributed by atoms with van der Waals surface area (Å²) in [6.07, 6.45) is 3.02. The first-order valence-electron chi connectivity index (χ1n) is 12.0. The van der Waals surface area contributed by atoms with E-state index in [1.807, 2.05) is 55.5 Å². The van der Waals surface area contributed by atoms with Gasteiger partial charge in [0.25, 0.3) is 5.89 Å². The molecule has 1 fully saturated rings. The van der Waals surface area contributed by atoms with Crippen LogP contribution in [0.3, 0.4) is 0 Å². The Morgan fingerprint density at radius 1 is 1.00 bits per heavy atom. The zero-order valence-electron chi connectivity index (χ0n) is 19.6. The summed E-state index contributed by atoms with van der Waals surface area (Å²) in [6, 6.07) is 20.3. The third kappa shape index (κ3) is 3.98. The molecule has 1 saturated carbocycles. The first-order valence-corrected chi connectivity index (χ1v) is 12.0. The van der Waals surface area contributed by atoms with Crippen molar-refractivity contribution >= 4 is 6.29 Å². The summed E-state index contributed by atoms with van der Waals surface area (Å²) < 4.78 is 19.1. The summed E-state index contributed by atoms with van der Waals surface area (Å²) >= 11 is 0. The number of aldehydes is 1. The van der Waals surface area contributed by atoms with Crippen molar-refractivity contribution in [1.29, 1.82) is 0 Å². The van der Waals surface area contributed by atoms with Crippen LogP contribution in [0.2, 0.25) is 0 Å². The summed E-state index contributed by atoms with van der Waals surface area (Å²) in [5.74, 6) is 1.26. The van der Waals surface area contributed by atoms with Crippen LogP contribution in [0.15, 0.2) is 65.2 Å². The van der Waals surface area contributed by atoms with Gasteiger partial charge in [-0.15, -0.1) is 0 Å². The van der Waals surface area contributed by atoms with Crippen LogP contribution in [0.5, 0.6) is 0 Å². The average molecular weight is 468 g/mol. The zero-order valence-corrected chi connectivity index (χ0v) is 19.6. The molecule has 35 heavy (non-hydrogen) atoms. The summed E-state index contributed by atoms with van der Waals surface area (Å²) in [5, 5.41) is 4.24. The number of halogens is 1. The molecular formula is C29H26FN3O2. The molecule has 3 aromatic carbocycles. The van der Waals surface area contributed by atoms with Crippen molar-refractivity contribution in [3.63, 3.8) is 0 Å². The predicted molar refractivity (Wildman–Crippen MR) is 132 cm³/mol. The van der Waals surface area contributed by atoms with Crippen LogP contribution in [0.1, 0.15) is 35.1 Å². The van der Waals surface area contributed by atoms with Gasteiger partial charge in [-0.25, -0.2) is 4.39 Å². The van der Waals surface area contributed by atoms with Crippen molar-refractivity contribution in [2.45, 2.75) is 45.6 Å². The highest BCUT2D eigenvalue weighted by molar-refractivity contribution is 5.74. The first-order chi connectivity index (χ1) is 17.1. The smallest absolute Gasteiger partial charge is 0.258 e. The Balaban J connectivity index is 1.22. The van der Waals surface area contributed by atoms with Crippen molar-refractivity contribution in [3.8, 4) is 34.0 Å². The topological polar surface area (TPSA) is 59.2 Å². The number of carbonyl (C=O) groups excluding carboxylic acids is 1. The van der Waals surface area contributed by atoms with Crippen LogP contribution in [0, 0.1) is 12.8 Å². The fourth-order valence-electron chi connectivity index (χ4n) is 5.31. The van der Waals surface area contributed by atoms with E-state index in [1.54, 1.807) is 0 Å². The molecule has 0 spiro atoms. The van der Waals surface area contributed by atoms with Gasteiger partial charge in [-0.3, -0.25) is 4.90 Å². The molecule has 0 unspecified atom stereocenters. The average Bonchev–Trinajstić information content (AvgIpc) is 3.50. The molecule has 0 atom stereocenters. The second-order valence-electron chi connectivity index (χ2n) is 9.65. The predicted octanol–water partition coefficient (Wildman–Crippen LogP) is 6.14. The molecule has 1 aliphatic heterocycles. The number of hydrogen-bond acceptors (Lipinski definition) is 5. The molecule has 2 heterocycles. The highest BCUT2D eigenvalue weighted by Crippen LogP contribution is 2.37. The van der Waals surface area contributed by atoms with Crippen molar-refractivity contribution in [2.75, 3.05) is 0 Å². The number of aryl methyl sites for hydroxylation is 1. The summed E-state index contributed by atoms with van der Waals surface area (Å²) in [5.41, 5.74) is 7.99. The zero-order chi connectivity index (χ0) is 23.9. The molecule has 0 amide bonds. The second-order valence-corrected chi connectivity index (χ2v) is 9.65. The Hall–Kier alpha value is -3.64. The molecule has 0 saturated heterocycles. The lowest BCUT2D eigenvalue weighted by Crippen LogP contribution is -2.42. The van der Waals surface area contributed by atoms with E-state index in [-0.39, 0.29) is 5.92 Å². The van der Waals surface area contributed by atoms with E-state index in [4.69, 9.17) is 4.52 Å². The highest BCUT2D eigenvalue weighted by atomic mass is 19.1. The maximum Gasteiger partial charge on any atom is 0.258 e. The quantitative estimate of drug-likeness (QED) is 0.319. The standard InChI is InChI=1S/C29H26FN3O2/c1-18-10-21(8-9-26(18)27-5-3-2-4-22(27)14-30)29-31-28(32-35-29)20-6-7-23-15-33(16-24(23)13-20)25-11-19(12-25)17-34/h2-10,13,17,19,25H,11-12,14-16H2,1H3/t19-,25-. The minimum Gasteiger partial charge on any atom is -0.334 e. The normalized spacial score (nSPS) is 19.4. The lowest BCUT2D eigenvalue weighted by molar-refractivity contribution is -0.115. The Bertz CT molecular complexity index is 1410. The van der Waals surface area contributed by atoms with Crippen LogP contribution in [0.25, 0.3) is 34.0 Å². The minimum atomic E-state index is -0.497. The van der Waals surface area contributed by atoms with Crippen molar-refractivity contribution in [2.24, 2.45) is 5.92 Å². The van der Waals surface area contributed by atoms with Gasteiger partial charge in [0.15, 0.2) is 0 Å². The van der Waals surface area contributed by atoms with Gasteiger partial charge in [0.1, 0.15) is 13.0 Å². The number of fused-ring (bicyclic) bond motifs is 1. The van der Waals surface area contributed by atoms with Gasteiger partial charge in [0.05, 0.1) is 0 Å². The van der Waals surface area contributed by atoms with Gasteiger partial charge in [-0.2, -0.15) is 4.98 Å². The van der Waals surface area contributed by atoms with E-state index in [0.717, 1.165) is 60.0 Å². The molecule has 1 aliphatic carbocycles. The Labute approximate surface area is 203 Å². The molecule has 0 bridgehead atoms. The largest absolute Gasteiger partial charge is 0.334 e. The van der Waals surface area contributed by atoms with Crippen LogP contribution in [-0.2, 0) is 24.6 Å². The minimum absolute atomic E-state index is 0.230. The molecule has 176 valence electrons. The second kappa shape index (κ2) is 8.86. The number of benzene rings is 3. The monoisotopic (exact) mass is 467 g/mol. The molecule has 5 nitrogen and oxygen atoms in total. The summed E-state index contributed by atoms with van der Waals surface area (Å²) in [7, 11) is 0. The fraction of sp³-hybridized carbons (Fsp3) is 0.276. The number of rotatable bonds is 6. The number of hydrogen-bond donors (Lipinski definition) is 0. The number of aromatic nitrogens is 2. The summed E-state index contributed by atoms with van der Waals surface area (Å²) in [4.78, 5) is 18.1. The molecule has 0 N–H and O–H groups in total. The molecular weight excluding hydrogens is 441 g/mol. The van der Waals surface area contributed by atoms with Gasteiger partial charge in [0, 0.05) is 36.2 Å². The van der Waals surface area contributed by atoms with E-state index < -0.39 is 6.67 Å². The van der Waals surface area contributed by atoms with Gasteiger partial charge in [0.2, 0.25) is 5.82 Å². The lowest BCUT2D eigenvalue weighted by atomic mass is 9.80. The Kier molecular flexibility index (Phi) is 5.53. The third-order valence-electron chi connectivity index (χ3n) is 7.42. The van der Waals surface area contributed by atoms with Gasteiger partial charge in [-0.05, 0) is 71.3 Å². The van der Waals surface area contributed by atoms with Gasteiger partial charge < -0.3 is 9.32 Å². The molecule has 4 aromatic rings. The van der Waals surface area contributed by atoms with Crippen LogP contribution < -0.4 is 0 Å². The van der Waals surface area contributed by atoms with Crippen LogP contribution >= 0.6 is 0 Å². The lowest BCUT2D eigenvalue weighted by Gasteiger charge is -2.38. The Morgan fingerprint density at radius 2 is 1.80 bits per heavy atom. The molecule has 0 radical (unpaired) electrons. The van der Waals surface area contributed by atoms with E-state index >= 15 is 0 Å². The van der Waals surface area contributed by atoms with Crippen molar-refractivity contribution < 1.29 is 13.7 Å². The maximum atomic E-state index is 13.5. The molecule has 6 heteroatoms. The molecule has 6 rings (SSSR count). The SMILES string of the molecule is Cc1cc(-c2nc(-c3ccc4c(c3)CN([C@H]3C[C@H](C=O)C3)C4)no2)ccc1-c1ccccc1CF. The van der Waals surface area contributed by atoms with E-state index in [0.29, 0.717) is 23.3 Å². The van der Waals surface area contributed by atoms with E-state index in [2.05, 4.69) is 27.2 Å². The number of carbonyl (C=O) groups is 1. The third-order valence-corrected chi connectivity index (χ3v) is 7.42. The highest BCUT2D eigenvalue weighted by Gasteiger charge is 2.36. The first kappa shape index (κ1) is 21.9. The maximum absolute atomic E-state index is 13.5.